The second kappa shape index (κ2) is 9.66. The number of hydrogen-bond donors (Lipinski definition) is 0. The molecule has 0 aliphatic heterocycles. The van der Waals surface area contributed by atoms with Crippen molar-refractivity contribution in [2.75, 3.05) is 14.2 Å². The first-order chi connectivity index (χ1) is 14.7. The van der Waals surface area contributed by atoms with Crippen LogP contribution in [-0.2, 0) is 20.1 Å². The van der Waals surface area contributed by atoms with Crippen LogP contribution in [0.1, 0.15) is 49.5 Å². The number of rotatable bonds is 7. The number of carbonyl (C=O) groups excluding carboxylic acids is 1. The molecule has 2 atom stereocenters. The summed E-state index contributed by atoms with van der Waals surface area (Å²) >= 11 is 0. The number of methoxy groups -OCH3 is 2. The van der Waals surface area contributed by atoms with Crippen LogP contribution in [0.25, 0.3) is 0 Å². The van der Waals surface area contributed by atoms with Gasteiger partial charge in [0.15, 0.2) is 8.32 Å². The standard InChI is InChI=1S/C24H31F3O4Si/c1-23(2,3)32(6,7)31-21(16-11-13-18(14-12-16)24(25,26)27)20(22(28)30-5)17-9-8-10-19(15-17)29-4/h8-15,20-21H,1-7H3/t20-,21+/m0/s1. The van der Waals surface area contributed by atoms with Crippen LogP contribution in [-0.4, -0.2) is 28.5 Å². The molecule has 0 radical (unpaired) electrons. The van der Waals surface area contributed by atoms with Crippen molar-refractivity contribution in [3.8, 4) is 5.75 Å². The summed E-state index contributed by atoms with van der Waals surface area (Å²) in [5, 5.41) is -0.188. The van der Waals surface area contributed by atoms with Crippen LogP contribution < -0.4 is 4.74 Å². The van der Waals surface area contributed by atoms with Gasteiger partial charge in [-0.1, -0.05) is 45.0 Å². The number of carbonyl (C=O) groups is 1. The lowest BCUT2D eigenvalue weighted by Crippen LogP contribution is -2.43. The average Bonchev–Trinajstić information content (AvgIpc) is 2.71. The Hall–Kier alpha value is -2.32. The van der Waals surface area contributed by atoms with Crippen LogP contribution >= 0.6 is 0 Å². The Labute approximate surface area is 188 Å². The third-order valence-electron chi connectivity index (χ3n) is 6.01. The number of esters is 1. The zero-order valence-electron chi connectivity index (χ0n) is 19.5. The Kier molecular flexibility index (Phi) is 7.83. The van der Waals surface area contributed by atoms with E-state index in [1.54, 1.807) is 24.3 Å². The summed E-state index contributed by atoms with van der Waals surface area (Å²) in [4.78, 5) is 13.0. The predicted octanol–water partition coefficient (Wildman–Crippen LogP) is 6.73. The predicted molar refractivity (Wildman–Crippen MR) is 120 cm³/mol. The Bertz CT molecular complexity index is 918. The van der Waals surface area contributed by atoms with Gasteiger partial charge in [-0.25, -0.2) is 0 Å². The van der Waals surface area contributed by atoms with E-state index >= 15 is 0 Å². The van der Waals surface area contributed by atoms with Crippen LogP contribution in [0.4, 0.5) is 13.2 Å². The maximum absolute atomic E-state index is 13.1. The van der Waals surface area contributed by atoms with E-state index in [1.165, 1.54) is 26.4 Å². The molecule has 0 spiro atoms. The molecular weight excluding hydrogens is 437 g/mol. The highest BCUT2D eigenvalue weighted by Gasteiger charge is 2.44. The Morgan fingerprint density at radius 3 is 2.00 bits per heavy atom. The lowest BCUT2D eigenvalue weighted by molar-refractivity contribution is -0.145. The van der Waals surface area contributed by atoms with Gasteiger partial charge < -0.3 is 13.9 Å². The number of ether oxygens (including phenoxy) is 2. The van der Waals surface area contributed by atoms with Crippen molar-refractivity contribution < 1.29 is 31.9 Å². The van der Waals surface area contributed by atoms with E-state index in [9.17, 15) is 18.0 Å². The van der Waals surface area contributed by atoms with Gasteiger partial charge in [-0.15, -0.1) is 0 Å². The van der Waals surface area contributed by atoms with Gasteiger partial charge >= 0.3 is 12.1 Å². The van der Waals surface area contributed by atoms with Gasteiger partial charge in [0.25, 0.3) is 0 Å². The van der Waals surface area contributed by atoms with Crippen molar-refractivity contribution in [1.29, 1.82) is 0 Å². The minimum atomic E-state index is -4.46. The second-order valence-electron chi connectivity index (χ2n) is 9.20. The monoisotopic (exact) mass is 468 g/mol. The van der Waals surface area contributed by atoms with Gasteiger partial charge in [-0.3, -0.25) is 4.79 Å². The molecule has 2 aromatic carbocycles. The van der Waals surface area contributed by atoms with Gasteiger partial charge in [-0.05, 0) is 53.5 Å². The summed E-state index contributed by atoms with van der Waals surface area (Å²) in [5.74, 6) is -0.877. The molecule has 0 aliphatic carbocycles. The largest absolute Gasteiger partial charge is 0.497 e. The third-order valence-corrected chi connectivity index (χ3v) is 10.5. The number of hydrogen-bond acceptors (Lipinski definition) is 4. The topological polar surface area (TPSA) is 44.8 Å². The Morgan fingerprint density at radius 2 is 1.53 bits per heavy atom. The van der Waals surface area contributed by atoms with Crippen molar-refractivity contribution >= 4 is 14.3 Å². The molecule has 176 valence electrons. The summed E-state index contributed by atoms with van der Waals surface area (Å²) in [6.45, 7) is 10.2. The molecule has 2 rings (SSSR count). The lowest BCUT2D eigenvalue weighted by Gasteiger charge is -2.41. The van der Waals surface area contributed by atoms with Crippen molar-refractivity contribution in [2.24, 2.45) is 0 Å². The molecule has 0 bridgehead atoms. The SMILES string of the molecule is COC(=O)[C@@H](c1cccc(OC)c1)[C@H](O[Si](C)(C)C(C)(C)C)c1ccc(C(F)(F)F)cc1. The molecular formula is C24H31F3O4Si. The van der Waals surface area contributed by atoms with E-state index in [1.807, 2.05) is 13.1 Å². The molecule has 8 heteroatoms. The molecule has 4 nitrogen and oxygen atoms in total. The van der Waals surface area contributed by atoms with Gasteiger partial charge in [0.1, 0.15) is 11.7 Å². The summed E-state index contributed by atoms with van der Waals surface area (Å²) in [5.41, 5.74) is 0.309. The minimum Gasteiger partial charge on any atom is -0.497 e. The van der Waals surface area contributed by atoms with Crippen molar-refractivity contribution in [2.45, 2.75) is 57.1 Å². The molecule has 0 N–H and O–H groups in total. The Balaban J connectivity index is 2.66. The molecule has 0 aliphatic rings. The summed E-state index contributed by atoms with van der Waals surface area (Å²) in [7, 11) is 0.365. The van der Waals surface area contributed by atoms with E-state index in [2.05, 4.69) is 20.8 Å². The highest BCUT2D eigenvalue weighted by Crippen LogP contribution is 2.45. The van der Waals surface area contributed by atoms with Crippen molar-refractivity contribution in [1.82, 2.24) is 0 Å². The maximum Gasteiger partial charge on any atom is 0.416 e. The van der Waals surface area contributed by atoms with Crippen LogP contribution in [0.15, 0.2) is 48.5 Å². The lowest BCUT2D eigenvalue weighted by atomic mass is 9.88. The quantitative estimate of drug-likeness (QED) is 0.334. The minimum absolute atomic E-state index is 0.188. The Morgan fingerprint density at radius 1 is 0.938 bits per heavy atom. The highest BCUT2D eigenvalue weighted by atomic mass is 28.4. The smallest absolute Gasteiger partial charge is 0.416 e. The normalized spacial score (nSPS) is 14.6. The fraction of sp³-hybridized carbons (Fsp3) is 0.458. The van der Waals surface area contributed by atoms with Gasteiger partial charge in [0.2, 0.25) is 0 Å². The molecule has 0 unspecified atom stereocenters. The molecule has 32 heavy (non-hydrogen) atoms. The molecule has 0 heterocycles. The third kappa shape index (κ3) is 5.92. The molecule has 0 amide bonds. The van der Waals surface area contributed by atoms with E-state index in [-0.39, 0.29) is 5.04 Å². The van der Waals surface area contributed by atoms with Gasteiger partial charge in [-0.2, -0.15) is 13.2 Å². The zero-order chi connectivity index (χ0) is 24.3. The van der Waals surface area contributed by atoms with E-state index < -0.39 is 38.0 Å². The van der Waals surface area contributed by atoms with E-state index in [0.29, 0.717) is 16.9 Å². The fourth-order valence-electron chi connectivity index (χ4n) is 3.08. The van der Waals surface area contributed by atoms with Gasteiger partial charge in [0.05, 0.1) is 25.9 Å². The molecule has 0 fully saturated rings. The highest BCUT2D eigenvalue weighted by molar-refractivity contribution is 6.74. The summed E-state index contributed by atoms with van der Waals surface area (Å²) in [6, 6.07) is 11.7. The summed E-state index contributed by atoms with van der Waals surface area (Å²) in [6.07, 6.45) is -5.29. The molecule has 0 saturated carbocycles. The van der Waals surface area contributed by atoms with Crippen LogP contribution in [0, 0.1) is 0 Å². The molecule has 0 aromatic heterocycles. The first-order valence-electron chi connectivity index (χ1n) is 10.3. The van der Waals surface area contributed by atoms with Gasteiger partial charge in [0, 0.05) is 0 Å². The molecule has 0 saturated heterocycles. The van der Waals surface area contributed by atoms with Crippen LogP contribution in [0.3, 0.4) is 0 Å². The van der Waals surface area contributed by atoms with E-state index in [0.717, 1.165) is 12.1 Å². The zero-order valence-corrected chi connectivity index (χ0v) is 20.5. The maximum atomic E-state index is 13.1. The number of alkyl halides is 3. The average molecular weight is 469 g/mol. The second-order valence-corrected chi connectivity index (χ2v) is 14.0. The first kappa shape index (κ1) is 25.9. The first-order valence-corrected chi connectivity index (χ1v) is 13.2. The van der Waals surface area contributed by atoms with Crippen molar-refractivity contribution in [3.05, 3.63) is 65.2 Å². The molecule has 2 aromatic rings. The van der Waals surface area contributed by atoms with Crippen molar-refractivity contribution in [3.63, 3.8) is 0 Å². The number of benzene rings is 2. The fourth-order valence-corrected chi connectivity index (χ4v) is 4.34. The van der Waals surface area contributed by atoms with E-state index in [4.69, 9.17) is 13.9 Å². The number of halogens is 3. The van der Waals surface area contributed by atoms with Crippen LogP contribution in [0.5, 0.6) is 5.75 Å². The summed E-state index contributed by atoms with van der Waals surface area (Å²) < 4.78 is 56.4. The van der Waals surface area contributed by atoms with Crippen LogP contribution in [0.2, 0.25) is 18.1 Å².